The first-order chi connectivity index (χ1) is 9.98. The fourth-order valence-electron chi connectivity index (χ4n) is 2.75. The maximum atomic E-state index is 6.29. The Bertz CT molecular complexity index is 655. The predicted octanol–water partition coefficient (Wildman–Crippen LogP) is 2.71. The standard InChI is InChI=1S/C14H18ClN5O/c1-14(2)8-9(6-7-21-14)20-13(17-18-19-20)10-4-3-5-11(16)12(10)15/h3-5,9H,6-8,16H2,1-2H3. The lowest BCUT2D eigenvalue weighted by atomic mass is 9.94. The summed E-state index contributed by atoms with van der Waals surface area (Å²) in [6.07, 6.45) is 1.73. The van der Waals surface area contributed by atoms with Crippen LogP contribution in [0.5, 0.6) is 0 Å². The number of benzene rings is 1. The molecular weight excluding hydrogens is 290 g/mol. The minimum absolute atomic E-state index is 0.175. The third-order valence-corrected chi connectivity index (χ3v) is 4.20. The SMILES string of the molecule is CC1(C)CC(n2nnnc2-c2cccc(N)c2Cl)CCO1. The van der Waals surface area contributed by atoms with E-state index in [4.69, 9.17) is 22.1 Å². The zero-order chi connectivity index (χ0) is 15.0. The molecule has 7 heteroatoms. The molecule has 0 amide bonds. The molecule has 2 N–H and O–H groups in total. The van der Waals surface area contributed by atoms with Crippen molar-refractivity contribution in [2.24, 2.45) is 0 Å². The second kappa shape index (κ2) is 5.27. The molecule has 1 fully saturated rings. The summed E-state index contributed by atoms with van der Waals surface area (Å²) in [5.41, 5.74) is 6.97. The number of halogens is 1. The average Bonchev–Trinajstić information content (AvgIpc) is 2.90. The van der Waals surface area contributed by atoms with E-state index in [2.05, 4.69) is 29.4 Å². The smallest absolute Gasteiger partial charge is 0.183 e. The van der Waals surface area contributed by atoms with Crippen molar-refractivity contribution < 1.29 is 4.74 Å². The summed E-state index contributed by atoms with van der Waals surface area (Å²) in [5, 5.41) is 12.6. The third kappa shape index (κ3) is 2.73. The Labute approximate surface area is 128 Å². The van der Waals surface area contributed by atoms with Crippen molar-refractivity contribution in [3.63, 3.8) is 0 Å². The van der Waals surface area contributed by atoms with Crippen molar-refractivity contribution in [2.45, 2.75) is 38.3 Å². The first-order valence-electron chi connectivity index (χ1n) is 6.94. The van der Waals surface area contributed by atoms with Crippen LogP contribution in [0.3, 0.4) is 0 Å². The molecule has 6 nitrogen and oxygen atoms in total. The molecule has 0 aliphatic carbocycles. The van der Waals surface area contributed by atoms with Crippen LogP contribution >= 0.6 is 11.6 Å². The van der Waals surface area contributed by atoms with E-state index in [0.717, 1.165) is 18.4 Å². The van der Waals surface area contributed by atoms with Crippen LogP contribution in [0, 0.1) is 0 Å². The van der Waals surface area contributed by atoms with Crippen molar-refractivity contribution in [1.82, 2.24) is 20.2 Å². The number of nitrogens with zero attached hydrogens (tertiary/aromatic N) is 4. The van der Waals surface area contributed by atoms with Crippen LogP contribution in [0.1, 0.15) is 32.7 Å². The number of rotatable bonds is 2. The number of anilines is 1. The van der Waals surface area contributed by atoms with Crippen LogP contribution in [0.2, 0.25) is 5.02 Å². The van der Waals surface area contributed by atoms with E-state index in [1.54, 1.807) is 6.07 Å². The minimum Gasteiger partial charge on any atom is -0.398 e. The highest BCUT2D eigenvalue weighted by molar-refractivity contribution is 6.35. The van der Waals surface area contributed by atoms with E-state index in [1.807, 2.05) is 16.8 Å². The molecule has 2 heterocycles. The molecule has 21 heavy (non-hydrogen) atoms. The summed E-state index contributed by atoms with van der Waals surface area (Å²) in [6.45, 7) is 4.86. The van der Waals surface area contributed by atoms with Gasteiger partial charge in [0, 0.05) is 12.2 Å². The van der Waals surface area contributed by atoms with Gasteiger partial charge in [0.05, 0.1) is 22.4 Å². The van der Waals surface area contributed by atoms with Gasteiger partial charge in [-0.25, -0.2) is 4.68 Å². The maximum absolute atomic E-state index is 6.29. The number of aromatic nitrogens is 4. The monoisotopic (exact) mass is 307 g/mol. The molecule has 112 valence electrons. The van der Waals surface area contributed by atoms with Crippen molar-refractivity contribution in [2.75, 3.05) is 12.3 Å². The summed E-state index contributed by atoms with van der Waals surface area (Å²) >= 11 is 6.29. The molecule has 1 unspecified atom stereocenters. The molecule has 2 aromatic rings. The molecule has 1 atom stereocenters. The second-order valence-electron chi connectivity index (χ2n) is 5.91. The number of nitrogens with two attached hydrogens (primary N) is 1. The van der Waals surface area contributed by atoms with Gasteiger partial charge in [-0.05, 0) is 49.2 Å². The first-order valence-corrected chi connectivity index (χ1v) is 7.32. The average molecular weight is 308 g/mol. The summed E-state index contributed by atoms with van der Waals surface area (Å²) in [6, 6.07) is 5.68. The third-order valence-electron chi connectivity index (χ3n) is 3.78. The van der Waals surface area contributed by atoms with Gasteiger partial charge >= 0.3 is 0 Å². The van der Waals surface area contributed by atoms with Gasteiger partial charge in [0.1, 0.15) is 0 Å². The Kier molecular flexibility index (Phi) is 3.59. The molecule has 1 aromatic heterocycles. The number of ether oxygens (including phenoxy) is 1. The van der Waals surface area contributed by atoms with Crippen LogP contribution in [0.15, 0.2) is 18.2 Å². The Morgan fingerprint density at radius 2 is 2.24 bits per heavy atom. The Morgan fingerprint density at radius 1 is 1.43 bits per heavy atom. The highest BCUT2D eigenvalue weighted by Crippen LogP contribution is 2.36. The summed E-state index contributed by atoms with van der Waals surface area (Å²) < 4.78 is 7.59. The van der Waals surface area contributed by atoms with E-state index in [1.165, 1.54) is 0 Å². The molecule has 0 spiro atoms. The summed E-state index contributed by atoms with van der Waals surface area (Å²) in [7, 11) is 0. The molecule has 3 rings (SSSR count). The molecule has 0 bridgehead atoms. The van der Waals surface area contributed by atoms with Gasteiger partial charge in [0.2, 0.25) is 0 Å². The van der Waals surface area contributed by atoms with Gasteiger partial charge in [-0.3, -0.25) is 0 Å². The normalized spacial score (nSPS) is 21.4. The van der Waals surface area contributed by atoms with E-state index < -0.39 is 0 Å². The highest BCUT2D eigenvalue weighted by Gasteiger charge is 2.32. The van der Waals surface area contributed by atoms with Crippen LogP contribution in [0.4, 0.5) is 5.69 Å². The minimum atomic E-state index is -0.175. The van der Waals surface area contributed by atoms with E-state index in [9.17, 15) is 0 Å². The molecule has 0 saturated carbocycles. The van der Waals surface area contributed by atoms with E-state index in [0.29, 0.717) is 23.1 Å². The highest BCUT2D eigenvalue weighted by atomic mass is 35.5. The fraction of sp³-hybridized carbons (Fsp3) is 0.500. The first kappa shape index (κ1) is 14.3. The molecular formula is C14H18ClN5O. The van der Waals surface area contributed by atoms with Gasteiger partial charge in [0.25, 0.3) is 0 Å². The van der Waals surface area contributed by atoms with Gasteiger partial charge in [-0.1, -0.05) is 17.7 Å². The van der Waals surface area contributed by atoms with Gasteiger partial charge < -0.3 is 10.5 Å². The quantitative estimate of drug-likeness (QED) is 0.863. The number of hydrogen-bond donors (Lipinski definition) is 1. The summed E-state index contributed by atoms with van der Waals surface area (Å²) in [5.74, 6) is 0.648. The fourth-order valence-corrected chi connectivity index (χ4v) is 2.96. The van der Waals surface area contributed by atoms with Gasteiger partial charge in [0.15, 0.2) is 5.82 Å². The van der Waals surface area contributed by atoms with Crippen molar-refractivity contribution in [3.05, 3.63) is 23.2 Å². The zero-order valence-corrected chi connectivity index (χ0v) is 12.8. The van der Waals surface area contributed by atoms with E-state index in [-0.39, 0.29) is 11.6 Å². The maximum Gasteiger partial charge on any atom is 0.183 e. The Hall–Kier alpha value is -1.66. The van der Waals surface area contributed by atoms with Crippen molar-refractivity contribution in [1.29, 1.82) is 0 Å². The molecule has 1 aliphatic heterocycles. The number of nitrogen functional groups attached to an aromatic ring is 1. The summed E-state index contributed by atoms with van der Waals surface area (Å²) in [4.78, 5) is 0. The largest absolute Gasteiger partial charge is 0.398 e. The van der Waals surface area contributed by atoms with Crippen LogP contribution in [0.25, 0.3) is 11.4 Å². The number of hydrogen-bond acceptors (Lipinski definition) is 5. The van der Waals surface area contributed by atoms with Crippen molar-refractivity contribution in [3.8, 4) is 11.4 Å². The van der Waals surface area contributed by atoms with Crippen LogP contribution in [-0.2, 0) is 4.74 Å². The molecule has 0 radical (unpaired) electrons. The van der Waals surface area contributed by atoms with Crippen molar-refractivity contribution >= 4 is 17.3 Å². The topological polar surface area (TPSA) is 78.9 Å². The van der Waals surface area contributed by atoms with E-state index >= 15 is 0 Å². The lowest BCUT2D eigenvalue weighted by molar-refractivity contribution is -0.0707. The molecule has 1 aromatic carbocycles. The van der Waals surface area contributed by atoms with Gasteiger partial charge in [-0.15, -0.1) is 5.10 Å². The predicted molar refractivity (Wildman–Crippen MR) is 81.0 cm³/mol. The lowest BCUT2D eigenvalue weighted by Gasteiger charge is -2.35. The molecule has 1 aliphatic rings. The zero-order valence-electron chi connectivity index (χ0n) is 12.1. The molecule has 1 saturated heterocycles. The number of tetrazole rings is 1. The van der Waals surface area contributed by atoms with Crippen LogP contribution in [-0.4, -0.2) is 32.4 Å². The second-order valence-corrected chi connectivity index (χ2v) is 6.29. The van der Waals surface area contributed by atoms with Gasteiger partial charge in [-0.2, -0.15) is 0 Å². The Morgan fingerprint density at radius 3 is 3.00 bits per heavy atom. The van der Waals surface area contributed by atoms with Crippen LogP contribution < -0.4 is 5.73 Å². The lowest BCUT2D eigenvalue weighted by Crippen LogP contribution is -2.35. The Balaban J connectivity index is 2.00.